The van der Waals surface area contributed by atoms with E-state index in [2.05, 4.69) is 0 Å². The molecule has 0 heterocycles. The maximum Gasteiger partial charge on any atom is 0.306 e. The highest BCUT2D eigenvalue weighted by molar-refractivity contribution is 5.73. The van der Waals surface area contributed by atoms with Gasteiger partial charge >= 0.3 is 11.9 Å². The summed E-state index contributed by atoms with van der Waals surface area (Å²) < 4.78 is 0. The molecule has 0 radical (unpaired) electrons. The van der Waals surface area contributed by atoms with Gasteiger partial charge in [-0.05, 0) is 24.7 Å². The van der Waals surface area contributed by atoms with E-state index in [4.69, 9.17) is 20.4 Å². The topological polar surface area (TPSA) is 115 Å². The number of rotatable bonds is 4. The summed E-state index contributed by atoms with van der Waals surface area (Å²) in [5.41, 5.74) is 0. The summed E-state index contributed by atoms with van der Waals surface area (Å²) in [6.45, 7) is 0.0495. The van der Waals surface area contributed by atoms with Gasteiger partial charge in [0.15, 0.2) is 0 Å². The van der Waals surface area contributed by atoms with E-state index in [0.29, 0.717) is 12.8 Å². The molecule has 0 unspecified atom stereocenters. The van der Waals surface area contributed by atoms with Crippen molar-refractivity contribution in [3.63, 3.8) is 0 Å². The standard InChI is InChI=1S/2C5H8O3/c2*6-2-3-1-4(3)5(7)8/h2*3-4,6H,1-2H2,(H,7,8)/t2*3-,4+/m10/s1. The van der Waals surface area contributed by atoms with E-state index < -0.39 is 11.9 Å². The van der Waals surface area contributed by atoms with E-state index in [1.54, 1.807) is 0 Å². The number of hydrogen-bond acceptors (Lipinski definition) is 4. The number of aliphatic carboxylic acids is 2. The molecule has 0 aromatic carbocycles. The summed E-state index contributed by atoms with van der Waals surface area (Å²) in [5.74, 6) is -1.95. The highest BCUT2D eigenvalue weighted by Gasteiger charge is 2.42. The van der Waals surface area contributed by atoms with Gasteiger partial charge in [-0.3, -0.25) is 9.59 Å². The first-order valence-corrected chi connectivity index (χ1v) is 5.18. The second-order valence-electron chi connectivity index (χ2n) is 4.25. The van der Waals surface area contributed by atoms with Crippen molar-refractivity contribution in [2.45, 2.75) is 12.8 Å². The first kappa shape index (κ1) is 12.9. The van der Waals surface area contributed by atoms with Gasteiger partial charge in [0.25, 0.3) is 0 Å². The zero-order valence-corrected chi connectivity index (χ0v) is 8.74. The van der Waals surface area contributed by atoms with Crippen LogP contribution >= 0.6 is 0 Å². The number of carboxylic acids is 2. The molecule has 0 spiro atoms. The summed E-state index contributed by atoms with van der Waals surface area (Å²) in [7, 11) is 0. The Morgan fingerprint density at radius 1 is 0.875 bits per heavy atom. The summed E-state index contributed by atoms with van der Waals surface area (Å²) in [4.78, 5) is 20.0. The van der Waals surface area contributed by atoms with Crippen LogP contribution in [0.1, 0.15) is 12.8 Å². The van der Waals surface area contributed by atoms with Crippen LogP contribution < -0.4 is 0 Å². The molecule has 0 saturated heterocycles. The second-order valence-corrected chi connectivity index (χ2v) is 4.25. The molecule has 0 aromatic rings. The van der Waals surface area contributed by atoms with Crippen LogP contribution in [-0.4, -0.2) is 45.6 Å². The third-order valence-corrected chi connectivity index (χ3v) is 2.95. The van der Waals surface area contributed by atoms with Crippen molar-refractivity contribution in [1.82, 2.24) is 0 Å². The van der Waals surface area contributed by atoms with Crippen LogP contribution in [0.4, 0.5) is 0 Å². The van der Waals surface area contributed by atoms with E-state index in [9.17, 15) is 9.59 Å². The molecule has 2 aliphatic rings. The molecule has 0 bridgehead atoms. The lowest BCUT2D eigenvalue weighted by molar-refractivity contribution is -0.140. The zero-order chi connectivity index (χ0) is 12.3. The Bertz CT molecular complexity index is 248. The lowest BCUT2D eigenvalue weighted by Gasteiger charge is -1.84. The normalized spacial score (nSPS) is 34.6. The summed E-state index contributed by atoms with van der Waals surface area (Å²) in [6, 6.07) is 0. The van der Waals surface area contributed by atoms with Crippen molar-refractivity contribution < 1.29 is 30.0 Å². The Balaban J connectivity index is 0.000000160. The minimum absolute atomic E-state index is 0.0248. The van der Waals surface area contributed by atoms with Crippen LogP contribution in [0.15, 0.2) is 0 Å². The summed E-state index contributed by atoms with van der Waals surface area (Å²) >= 11 is 0. The van der Waals surface area contributed by atoms with Crippen LogP contribution in [0.25, 0.3) is 0 Å². The highest BCUT2D eigenvalue weighted by atomic mass is 16.4. The number of carboxylic acid groups (broad SMARTS) is 2. The first-order valence-electron chi connectivity index (χ1n) is 5.18. The molecule has 92 valence electrons. The summed E-state index contributed by atoms with van der Waals surface area (Å²) in [5, 5.41) is 33.2. The number of aliphatic hydroxyl groups is 2. The maximum atomic E-state index is 10.0. The SMILES string of the molecule is O=C(O)[C@@H]1C[C@H]1CO.O=C(O)[C@H]1C[C@@H]1CO. The smallest absolute Gasteiger partial charge is 0.306 e. The molecule has 6 heteroatoms. The van der Waals surface area contributed by atoms with E-state index in [-0.39, 0.29) is 36.9 Å². The third kappa shape index (κ3) is 3.46. The lowest BCUT2D eigenvalue weighted by Crippen LogP contribution is -2.00. The van der Waals surface area contributed by atoms with E-state index in [0.717, 1.165) is 0 Å². The van der Waals surface area contributed by atoms with Gasteiger partial charge in [0, 0.05) is 13.2 Å². The molecule has 0 amide bonds. The zero-order valence-electron chi connectivity index (χ0n) is 8.74. The fraction of sp³-hybridized carbons (Fsp3) is 0.800. The van der Waals surface area contributed by atoms with Crippen LogP contribution in [0, 0.1) is 23.7 Å². The fourth-order valence-corrected chi connectivity index (χ4v) is 1.50. The number of carbonyl (C=O) groups is 2. The first-order chi connectivity index (χ1) is 7.51. The molecule has 2 saturated carbocycles. The maximum absolute atomic E-state index is 10.0. The van der Waals surface area contributed by atoms with Gasteiger partial charge in [-0.2, -0.15) is 0 Å². The Kier molecular flexibility index (Phi) is 4.26. The Hall–Kier alpha value is -1.14. The second kappa shape index (κ2) is 5.27. The van der Waals surface area contributed by atoms with E-state index >= 15 is 0 Å². The van der Waals surface area contributed by atoms with Crippen molar-refractivity contribution in [2.24, 2.45) is 23.7 Å². The number of aliphatic hydroxyl groups excluding tert-OH is 2. The lowest BCUT2D eigenvalue weighted by atomic mass is 10.3. The monoisotopic (exact) mass is 232 g/mol. The molecule has 2 fully saturated rings. The quantitative estimate of drug-likeness (QED) is 0.514. The van der Waals surface area contributed by atoms with Gasteiger partial charge in [0.1, 0.15) is 0 Å². The van der Waals surface area contributed by atoms with Crippen molar-refractivity contribution in [2.75, 3.05) is 13.2 Å². The van der Waals surface area contributed by atoms with Gasteiger partial charge in [-0.15, -0.1) is 0 Å². The molecule has 16 heavy (non-hydrogen) atoms. The van der Waals surface area contributed by atoms with Crippen LogP contribution in [0.3, 0.4) is 0 Å². The van der Waals surface area contributed by atoms with Gasteiger partial charge in [0.05, 0.1) is 11.8 Å². The molecule has 6 nitrogen and oxygen atoms in total. The fourth-order valence-electron chi connectivity index (χ4n) is 1.50. The molecule has 4 N–H and O–H groups in total. The Morgan fingerprint density at radius 2 is 1.19 bits per heavy atom. The minimum Gasteiger partial charge on any atom is -0.481 e. The predicted octanol–water partition coefficient (Wildman–Crippen LogP) is -0.601. The van der Waals surface area contributed by atoms with Gasteiger partial charge < -0.3 is 20.4 Å². The van der Waals surface area contributed by atoms with Crippen molar-refractivity contribution >= 4 is 11.9 Å². The van der Waals surface area contributed by atoms with Crippen LogP contribution in [0.5, 0.6) is 0 Å². The average Bonchev–Trinajstić information content (AvgIpc) is 3.11. The average molecular weight is 232 g/mol. The Morgan fingerprint density at radius 3 is 1.25 bits per heavy atom. The van der Waals surface area contributed by atoms with E-state index in [1.807, 2.05) is 0 Å². The van der Waals surface area contributed by atoms with Crippen molar-refractivity contribution in [1.29, 1.82) is 0 Å². The van der Waals surface area contributed by atoms with Gasteiger partial charge in [0.2, 0.25) is 0 Å². The Labute approximate surface area is 92.5 Å². The minimum atomic E-state index is -0.774. The van der Waals surface area contributed by atoms with Crippen LogP contribution in [0.2, 0.25) is 0 Å². The largest absolute Gasteiger partial charge is 0.481 e. The number of hydrogen-bond donors (Lipinski definition) is 4. The molecule has 0 aliphatic heterocycles. The van der Waals surface area contributed by atoms with Crippen molar-refractivity contribution in [3.8, 4) is 0 Å². The molecule has 2 aliphatic carbocycles. The molecule has 4 atom stereocenters. The van der Waals surface area contributed by atoms with E-state index in [1.165, 1.54) is 0 Å². The van der Waals surface area contributed by atoms with Crippen molar-refractivity contribution in [3.05, 3.63) is 0 Å². The molecule has 2 rings (SSSR count). The molecular weight excluding hydrogens is 216 g/mol. The van der Waals surface area contributed by atoms with Gasteiger partial charge in [-0.1, -0.05) is 0 Å². The third-order valence-electron chi connectivity index (χ3n) is 2.95. The predicted molar refractivity (Wildman–Crippen MR) is 52.6 cm³/mol. The molecular formula is C10H16O6. The van der Waals surface area contributed by atoms with Gasteiger partial charge in [-0.25, -0.2) is 0 Å². The molecule has 0 aromatic heterocycles. The van der Waals surface area contributed by atoms with Crippen LogP contribution in [-0.2, 0) is 9.59 Å². The summed E-state index contributed by atoms with van der Waals surface area (Å²) in [6.07, 6.45) is 1.32. The highest BCUT2D eigenvalue weighted by Crippen LogP contribution is 2.38.